The minimum atomic E-state index is -4.33. The Kier molecular flexibility index (Phi) is 2.13. The second kappa shape index (κ2) is 2.65. The van der Waals surface area contributed by atoms with E-state index in [-0.39, 0.29) is 0 Å². The molecule has 0 fully saturated rings. The maximum atomic E-state index is 11.9. The highest BCUT2D eigenvalue weighted by atomic mass is 127. The summed E-state index contributed by atoms with van der Waals surface area (Å²) in [4.78, 5) is 0. The minimum Gasteiger partial charge on any atom is -0.262 e. The lowest BCUT2D eigenvalue weighted by Crippen LogP contribution is -2.06. The van der Waals surface area contributed by atoms with Crippen molar-refractivity contribution in [2.45, 2.75) is 6.18 Å². The Labute approximate surface area is 74.5 Å². The second-order valence-corrected chi connectivity index (χ2v) is 3.08. The smallest absolute Gasteiger partial charge is 0.262 e. The van der Waals surface area contributed by atoms with Crippen LogP contribution in [0.25, 0.3) is 0 Å². The molecule has 0 saturated carbocycles. The summed E-state index contributed by atoms with van der Waals surface area (Å²) in [5, 5.41) is 3.27. The molecule has 0 aromatic carbocycles. The number of rotatable bonds is 0. The first-order chi connectivity index (χ1) is 4.91. The number of nitrogens with zero attached hydrogens (tertiary/aromatic N) is 2. The van der Waals surface area contributed by atoms with Crippen LogP contribution in [0.1, 0.15) is 5.69 Å². The fourth-order valence-corrected chi connectivity index (χ4v) is 0.986. The summed E-state index contributed by atoms with van der Waals surface area (Å²) in [6.07, 6.45) is -4.33. The van der Waals surface area contributed by atoms with Crippen LogP contribution < -0.4 is 0 Å². The van der Waals surface area contributed by atoms with Crippen molar-refractivity contribution < 1.29 is 13.2 Å². The number of hydrogen-bond acceptors (Lipinski definition) is 1. The van der Waals surface area contributed by atoms with E-state index in [1.807, 2.05) is 0 Å². The molecule has 1 aromatic heterocycles. The van der Waals surface area contributed by atoms with Gasteiger partial charge in [0.05, 0.1) is 3.70 Å². The van der Waals surface area contributed by atoms with E-state index in [9.17, 15) is 13.2 Å². The van der Waals surface area contributed by atoms with Crippen LogP contribution in [0.15, 0.2) is 6.07 Å². The van der Waals surface area contributed by atoms with E-state index in [0.29, 0.717) is 3.70 Å². The van der Waals surface area contributed by atoms with Gasteiger partial charge in [0.15, 0.2) is 5.69 Å². The van der Waals surface area contributed by atoms with Gasteiger partial charge in [-0.15, -0.1) is 0 Å². The Hall–Kier alpha value is -0.270. The molecule has 1 aromatic rings. The highest BCUT2D eigenvalue weighted by Crippen LogP contribution is 2.28. The molecule has 2 nitrogen and oxygen atoms in total. The summed E-state index contributed by atoms with van der Waals surface area (Å²) < 4.78 is 37.4. The molecule has 0 spiro atoms. The van der Waals surface area contributed by atoms with Gasteiger partial charge in [0, 0.05) is 13.1 Å². The zero-order valence-corrected chi connectivity index (χ0v) is 7.64. The van der Waals surface area contributed by atoms with Gasteiger partial charge in [0.25, 0.3) is 0 Å². The first-order valence-corrected chi connectivity index (χ1v) is 3.76. The molecule has 62 valence electrons. The van der Waals surface area contributed by atoms with Gasteiger partial charge in [-0.05, 0) is 22.6 Å². The molecule has 0 aliphatic heterocycles. The molecule has 0 saturated heterocycles. The summed E-state index contributed by atoms with van der Waals surface area (Å²) in [6, 6.07) is 1.00. The predicted octanol–water partition coefficient (Wildman–Crippen LogP) is 2.04. The molecule has 0 aliphatic rings. The van der Waals surface area contributed by atoms with E-state index in [2.05, 4.69) is 5.10 Å². The van der Waals surface area contributed by atoms with Crippen molar-refractivity contribution in [3.05, 3.63) is 15.5 Å². The summed E-state index contributed by atoms with van der Waals surface area (Å²) in [7, 11) is 1.47. The molecule has 6 heteroatoms. The van der Waals surface area contributed by atoms with Gasteiger partial charge in [-0.1, -0.05) is 0 Å². The Morgan fingerprint density at radius 2 is 2.09 bits per heavy atom. The number of hydrogen-bond donors (Lipinski definition) is 0. The highest BCUT2D eigenvalue weighted by molar-refractivity contribution is 14.1. The molecule has 0 aliphatic carbocycles. The Bertz CT molecular complexity index is 246. The lowest BCUT2D eigenvalue weighted by molar-refractivity contribution is -0.141. The second-order valence-electron chi connectivity index (χ2n) is 1.97. The average Bonchev–Trinajstić information content (AvgIpc) is 2.11. The van der Waals surface area contributed by atoms with Gasteiger partial charge >= 0.3 is 6.18 Å². The largest absolute Gasteiger partial charge is 0.435 e. The van der Waals surface area contributed by atoms with Gasteiger partial charge in [-0.25, -0.2) is 0 Å². The fourth-order valence-electron chi connectivity index (χ4n) is 0.583. The zero-order chi connectivity index (χ0) is 8.65. The Morgan fingerprint density at radius 1 is 1.55 bits per heavy atom. The lowest BCUT2D eigenvalue weighted by Gasteiger charge is -1.98. The van der Waals surface area contributed by atoms with Crippen molar-refractivity contribution in [1.29, 1.82) is 0 Å². The topological polar surface area (TPSA) is 17.8 Å². The van der Waals surface area contributed by atoms with E-state index in [0.717, 1.165) is 6.07 Å². The van der Waals surface area contributed by atoms with Crippen molar-refractivity contribution in [3.63, 3.8) is 0 Å². The van der Waals surface area contributed by atoms with Crippen LogP contribution in [0.2, 0.25) is 0 Å². The van der Waals surface area contributed by atoms with E-state index in [4.69, 9.17) is 0 Å². The van der Waals surface area contributed by atoms with Crippen LogP contribution >= 0.6 is 22.6 Å². The third-order valence-electron chi connectivity index (χ3n) is 1.11. The Balaban J connectivity index is 3.08. The SMILES string of the molecule is Cn1nc(C(F)(F)F)cc1I. The molecule has 0 radical (unpaired) electrons. The summed E-state index contributed by atoms with van der Waals surface area (Å²) in [5.41, 5.74) is -0.843. The average molecular weight is 276 g/mol. The fraction of sp³-hybridized carbons (Fsp3) is 0.400. The molecule has 0 bridgehead atoms. The van der Waals surface area contributed by atoms with Crippen LogP contribution in [0.5, 0.6) is 0 Å². The van der Waals surface area contributed by atoms with E-state index < -0.39 is 11.9 Å². The predicted molar refractivity (Wildman–Crippen MR) is 40.9 cm³/mol. The van der Waals surface area contributed by atoms with Crippen molar-refractivity contribution >= 4 is 22.6 Å². The van der Waals surface area contributed by atoms with Crippen LogP contribution in [0.3, 0.4) is 0 Å². The summed E-state index contributed by atoms with van der Waals surface area (Å²) >= 11 is 1.79. The number of aryl methyl sites for hydroxylation is 1. The van der Waals surface area contributed by atoms with E-state index in [1.165, 1.54) is 11.7 Å². The molecule has 11 heavy (non-hydrogen) atoms. The van der Waals surface area contributed by atoms with Gasteiger partial charge in [0.1, 0.15) is 0 Å². The van der Waals surface area contributed by atoms with Crippen LogP contribution in [-0.4, -0.2) is 9.78 Å². The number of alkyl halides is 3. The maximum absolute atomic E-state index is 11.9. The van der Waals surface area contributed by atoms with Crippen molar-refractivity contribution in [1.82, 2.24) is 9.78 Å². The van der Waals surface area contributed by atoms with Crippen molar-refractivity contribution in [2.24, 2.45) is 7.05 Å². The number of halogens is 4. The molecule has 0 amide bonds. The monoisotopic (exact) mass is 276 g/mol. The lowest BCUT2D eigenvalue weighted by atomic mass is 10.4. The van der Waals surface area contributed by atoms with Crippen LogP contribution in [-0.2, 0) is 13.2 Å². The summed E-state index contributed by atoms with van der Waals surface area (Å²) in [5.74, 6) is 0. The van der Waals surface area contributed by atoms with Crippen molar-refractivity contribution in [2.75, 3.05) is 0 Å². The minimum absolute atomic E-state index is 0.468. The molecule has 0 unspecified atom stereocenters. The first kappa shape index (κ1) is 8.82. The molecule has 1 heterocycles. The molecule has 0 N–H and O–H groups in total. The molecular formula is C5H4F3IN2. The highest BCUT2D eigenvalue weighted by Gasteiger charge is 2.34. The van der Waals surface area contributed by atoms with E-state index in [1.54, 1.807) is 22.6 Å². The van der Waals surface area contributed by atoms with E-state index >= 15 is 0 Å². The normalized spacial score (nSPS) is 12.1. The first-order valence-electron chi connectivity index (χ1n) is 2.68. The van der Waals surface area contributed by atoms with Crippen molar-refractivity contribution in [3.8, 4) is 0 Å². The molecular weight excluding hydrogens is 272 g/mol. The number of aromatic nitrogens is 2. The van der Waals surface area contributed by atoms with Gasteiger partial charge in [-0.2, -0.15) is 18.3 Å². The zero-order valence-electron chi connectivity index (χ0n) is 5.48. The summed E-state index contributed by atoms with van der Waals surface area (Å²) in [6.45, 7) is 0. The molecule has 0 atom stereocenters. The maximum Gasteiger partial charge on any atom is 0.435 e. The third kappa shape index (κ3) is 1.85. The van der Waals surface area contributed by atoms with Crippen LogP contribution in [0.4, 0.5) is 13.2 Å². The standard InChI is InChI=1S/C5H4F3IN2/c1-11-4(9)2-3(10-11)5(6,7)8/h2H,1H3. The van der Waals surface area contributed by atoms with Gasteiger partial charge < -0.3 is 0 Å². The van der Waals surface area contributed by atoms with Crippen LogP contribution in [0, 0.1) is 3.70 Å². The third-order valence-corrected chi connectivity index (χ3v) is 2.12. The Morgan fingerprint density at radius 3 is 2.27 bits per heavy atom. The van der Waals surface area contributed by atoms with Gasteiger partial charge in [0.2, 0.25) is 0 Å². The molecule has 1 rings (SSSR count). The van der Waals surface area contributed by atoms with Gasteiger partial charge in [-0.3, -0.25) is 4.68 Å². The quantitative estimate of drug-likeness (QED) is 0.663.